The number of hydrogen-bond acceptors (Lipinski definition) is 4. The van der Waals surface area contributed by atoms with Gasteiger partial charge in [-0.2, -0.15) is 4.98 Å². The Balaban J connectivity index is 1.61. The van der Waals surface area contributed by atoms with E-state index in [1.807, 2.05) is 36.9 Å². The van der Waals surface area contributed by atoms with Crippen molar-refractivity contribution in [1.29, 1.82) is 0 Å². The first-order valence-electron chi connectivity index (χ1n) is 9.20. The maximum atomic E-state index is 12.7. The Morgan fingerprint density at radius 3 is 2.72 bits per heavy atom. The third kappa shape index (κ3) is 4.27. The molecule has 1 aromatic carbocycles. The normalized spacial score (nSPS) is 19.2. The Morgan fingerprint density at radius 2 is 2.04 bits per heavy atom. The van der Waals surface area contributed by atoms with Crippen LogP contribution >= 0.6 is 0 Å². The molecule has 2 aromatic rings. The van der Waals surface area contributed by atoms with Gasteiger partial charge < -0.3 is 9.42 Å². The second-order valence-electron chi connectivity index (χ2n) is 7.34. The summed E-state index contributed by atoms with van der Waals surface area (Å²) in [6.45, 7) is 7.71. The number of aromatic nitrogens is 2. The van der Waals surface area contributed by atoms with Gasteiger partial charge in [0.2, 0.25) is 11.8 Å². The largest absolute Gasteiger partial charge is 0.342 e. The first-order valence-corrected chi connectivity index (χ1v) is 9.20. The quantitative estimate of drug-likeness (QED) is 0.822. The van der Waals surface area contributed by atoms with E-state index in [0.29, 0.717) is 18.9 Å². The second-order valence-corrected chi connectivity index (χ2v) is 7.34. The number of piperidine rings is 1. The Kier molecular flexibility index (Phi) is 5.51. The van der Waals surface area contributed by atoms with E-state index in [1.54, 1.807) is 0 Å². The van der Waals surface area contributed by atoms with E-state index in [-0.39, 0.29) is 23.7 Å². The third-order valence-electron chi connectivity index (χ3n) is 4.94. The maximum Gasteiger partial charge on any atom is 0.229 e. The number of hydrogen-bond donors (Lipinski definition) is 0. The summed E-state index contributed by atoms with van der Waals surface area (Å²) >= 11 is 0. The van der Waals surface area contributed by atoms with Crippen LogP contribution in [-0.2, 0) is 4.79 Å². The van der Waals surface area contributed by atoms with E-state index in [4.69, 9.17) is 4.52 Å². The highest BCUT2D eigenvalue weighted by Crippen LogP contribution is 2.28. The number of carbonyl (C=O) groups is 1. The van der Waals surface area contributed by atoms with Crippen molar-refractivity contribution in [2.24, 2.45) is 0 Å². The van der Waals surface area contributed by atoms with Crippen LogP contribution < -0.4 is 0 Å². The van der Waals surface area contributed by atoms with Crippen LogP contribution in [0.5, 0.6) is 0 Å². The van der Waals surface area contributed by atoms with Gasteiger partial charge in [0.25, 0.3) is 0 Å². The van der Waals surface area contributed by atoms with Gasteiger partial charge >= 0.3 is 0 Å². The third-order valence-corrected chi connectivity index (χ3v) is 4.94. The van der Waals surface area contributed by atoms with Crippen molar-refractivity contribution in [3.05, 3.63) is 47.6 Å². The van der Waals surface area contributed by atoms with Crippen molar-refractivity contribution in [1.82, 2.24) is 15.0 Å². The van der Waals surface area contributed by atoms with E-state index < -0.39 is 0 Å². The zero-order valence-corrected chi connectivity index (χ0v) is 15.3. The zero-order valence-electron chi connectivity index (χ0n) is 15.3. The molecule has 0 spiro atoms. The standard InChI is InChI=1S/C20H27N3O2/c1-14(2)20-21-19(22-25-20)17-10-7-11-23(13-17)18(24)12-15(3)16-8-5-4-6-9-16/h4-6,8-9,14-15,17H,7,10-13H2,1-3H3/t15-,17+/m0/s1. The predicted octanol–water partition coefficient (Wildman–Crippen LogP) is 4.09. The molecule has 25 heavy (non-hydrogen) atoms. The summed E-state index contributed by atoms with van der Waals surface area (Å²) in [5.74, 6) is 2.28. The van der Waals surface area contributed by atoms with Gasteiger partial charge in [-0.05, 0) is 24.3 Å². The van der Waals surface area contributed by atoms with Gasteiger partial charge in [-0.3, -0.25) is 4.79 Å². The minimum atomic E-state index is 0.181. The van der Waals surface area contributed by atoms with Crippen LogP contribution in [0.25, 0.3) is 0 Å². The molecule has 2 atom stereocenters. The Morgan fingerprint density at radius 1 is 1.28 bits per heavy atom. The topological polar surface area (TPSA) is 59.2 Å². The van der Waals surface area contributed by atoms with E-state index >= 15 is 0 Å². The first-order chi connectivity index (χ1) is 12.0. The van der Waals surface area contributed by atoms with Crippen molar-refractivity contribution in [3.8, 4) is 0 Å². The van der Waals surface area contributed by atoms with Crippen LogP contribution in [0, 0.1) is 0 Å². The first kappa shape index (κ1) is 17.6. The van der Waals surface area contributed by atoms with Gasteiger partial charge in [0.1, 0.15) is 0 Å². The molecule has 1 aromatic heterocycles. The Labute approximate surface area is 149 Å². The van der Waals surface area contributed by atoms with Gasteiger partial charge in [-0.25, -0.2) is 0 Å². The summed E-state index contributed by atoms with van der Waals surface area (Å²) in [5.41, 5.74) is 1.21. The minimum absolute atomic E-state index is 0.181. The van der Waals surface area contributed by atoms with Crippen molar-refractivity contribution >= 4 is 5.91 Å². The van der Waals surface area contributed by atoms with Crippen LogP contribution in [0.3, 0.4) is 0 Å². The fourth-order valence-corrected chi connectivity index (χ4v) is 3.35. The highest BCUT2D eigenvalue weighted by molar-refractivity contribution is 5.77. The Hall–Kier alpha value is -2.17. The number of carbonyl (C=O) groups excluding carboxylic acids is 1. The van der Waals surface area contributed by atoms with E-state index in [0.717, 1.165) is 25.2 Å². The molecule has 0 radical (unpaired) electrons. The Bertz CT molecular complexity index is 696. The van der Waals surface area contributed by atoms with Crippen molar-refractivity contribution in [2.45, 2.75) is 57.8 Å². The van der Waals surface area contributed by atoms with Crippen LogP contribution in [0.4, 0.5) is 0 Å². The highest BCUT2D eigenvalue weighted by atomic mass is 16.5. The van der Waals surface area contributed by atoms with Gasteiger partial charge in [-0.1, -0.05) is 56.3 Å². The van der Waals surface area contributed by atoms with E-state index in [1.165, 1.54) is 5.56 Å². The van der Waals surface area contributed by atoms with Crippen molar-refractivity contribution < 1.29 is 9.32 Å². The fourth-order valence-electron chi connectivity index (χ4n) is 3.35. The number of nitrogens with zero attached hydrogens (tertiary/aromatic N) is 3. The SMILES string of the molecule is CC(C)c1nc([C@@H]2CCCN(C(=O)C[C@H](C)c3ccccc3)C2)no1. The molecule has 0 N–H and O–H groups in total. The summed E-state index contributed by atoms with van der Waals surface area (Å²) < 4.78 is 5.33. The summed E-state index contributed by atoms with van der Waals surface area (Å²) in [7, 11) is 0. The lowest BCUT2D eigenvalue weighted by molar-refractivity contribution is -0.132. The molecule has 0 saturated carbocycles. The molecule has 1 fully saturated rings. The minimum Gasteiger partial charge on any atom is -0.342 e. The summed E-state index contributed by atoms with van der Waals surface area (Å²) in [5, 5.41) is 4.14. The molecule has 5 nitrogen and oxygen atoms in total. The number of likely N-dealkylation sites (tertiary alicyclic amines) is 1. The van der Waals surface area contributed by atoms with Crippen LogP contribution in [-0.4, -0.2) is 34.0 Å². The molecule has 1 aliphatic heterocycles. The lowest BCUT2D eigenvalue weighted by Crippen LogP contribution is -2.39. The molecule has 1 amide bonds. The van der Waals surface area contributed by atoms with Crippen molar-refractivity contribution in [2.75, 3.05) is 13.1 Å². The maximum absolute atomic E-state index is 12.7. The average Bonchev–Trinajstić information content (AvgIpc) is 3.13. The van der Waals surface area contributed by atoms with E-state index in [9.17, 15) is 4.79 Å². The summed E-state index contributed by atoms with van der Waals surface area (Å²) in [6, 6.07) is 10.2. The number of rotatable bonds is 5. The molecule has 5 heteroatoms. The molecular weight excluding hydrogens is 314 g/mol. The molecule has 1 aliphatic rings. The number of amides is 1. The van der Waals surface area contributed by atoms with Crippen LogP contribution in [0.15, 0.2) is 34.9 Å². The van der Waals surface area contributed by atoms with Gasteiger partial charge in [0, 0.05) is 31.3 Å². The van der Waals surface area contributed by atoms with Gasteiger partial charge in [0.05, 0.1) is 0 Å². The monoisotopic (exact) mass is 341 g/mol. The fraction of sp³-hybridized carbons (Fsp3) is 0.550. The average molecular weight is 341 g/mol. The van der Waals surface area contributed by atoms with Gasteiger partial charge in [-0.15, -0.1) is 0 Å². The highest BCUT2D eigenvalue weighted by Gasteiger charge is 2.29. The molecule has 2 heterocycles. The van der Waals surface area contributed by atoms with Crippen LogP contribution in [0.1, 0.15) is 75.1 Å². The second kappa shape index (κ2) is 7.81. The zero-order chi connectivity index (χ0) is 17.8. The molecule has 134 valence electrons. The molecule has 0 unspecified atom stereocenters. The molecule has 1 saturated heterocycles. The summed E-state index contributed by atoms with van der Waals surface area (Å²) in [6.07, 6.45) is 2.54. The predicted molar refractivity (Wildman–Crippen MR) is 96.4 cm³/mol. The van der Waals surface area contributed by atoms with Crippen LogP contribution in [0.2, 0.25) is 0 Å². The summed E-state index contributed by atoms with van der Waals surface area (Å²) in [4.78, 5) is 19.2. The lowest BCUT2D eigenvalue weighted by Gasteiger charge is -2.32. The molecular formula is C20H27N3O2. The van der Waals surface area contributed by atoms with Crippen molar-refractivity contribution in [3.63, 3.8) is 0 Å². The smallest absolute Gasteiger partial charge is 0.229 e. The van der Waals surface area contributed by atoms with Gasteiger partial charge in [0.15, 0.2) is 5.82 Å². The molecule has 0 bridgehead atoms. The molecule has 3 rings (SSSR count). The number of benzene rings is 1. The van der Waals surface area contributed by atoms with E-state index in [2.05, 4.69) is 29.2 Å². The lowest BCUT2D eigenvalue weighted by atomic mass is 9.94. The molecule has 0 aliphatic carbocycles.